The highest BCUT2D eigenvalue weighted by molar-refractivity contribution is 5.53. The third kappa shape index (κ3) is 6.14. The van der Waals surface area contributed by atoms with E-state index in [-0.39, 0.29) is 21.7 Å². The Hall–Kier alpha value is -2.48. The lowest BCUT2D eigenvalue weighted by Crippen LogP contribution is -2.29. The molecule has 1 heteroatoms. The van der Waals surface area contributed by atoms with E-state index in [4.69, 9.17) is 6.42 Å². The van der Waals surface area contributed by atoms with Gasteiger partial charge in [-0.1, -0.05) is 119 Å². The summed E-state index contributed by atoms with van der Waals surface area (Å²) in [5, 5.41) is 12.4. The van der Waals surface area contributed by atoms with Gasteiger partial charge in [0.15, 0.2) is 5.60 Å². The maximum atomic E-state index is 12.4. The SMILES string of the molecule is C#CC#CC(O)(c1cc(C(C)(C)C)cc(C(C)(C)C)c1)c1cc(C(C)(C)C)cc(C(C)(C)C)c1. The van der Waals surface area contributed by atoms with Crippen LogP contribution in [0.4, 0.5) is 0 Å². The Kier molecular flexibility index (Phi) is 7.31. The fraction of sp³-hybridized carbons (Fsp3) is 0.515. The summed E-state index contributed by atoms with van der Waals surface area (Å²) in [7, 11) is 0. The lowest BCUT2D eigenvalue weighted by atomic mass is 9.73. The van der Waals surface area contributed by atoms with E-state index in [2.05, 4.69) is 137 Å². The van der Waals surface area contributed by atoms with Crippen LogP contribution in [0, 0.1) is 24.2 Å². The maximum absolute atomic E-state index is 12.4. The Bertz CT molecular complexity index is 1010. The number of hydrogen-bond acceptors (Lipinski definition) is 1. The lowest BCUT2D eigenvalue weighted by molar-refractivity contribution is 0.144. The first-order valence-corrected chi connectivity index (χ1v) is 12.2. The summed E-state index contributed by atoms with van der Waals surface area (Å²) in [4.78, 5) is 0. The zero-order valence-corrected chi connectivity index (χ0v) is 23.5. The van der Waals surface area contributed by atoms with Crippen molar-refractivity contribution in [3.8, 4) is 24.2 Å². The Balaban J connectivity index is 3.03. The quantitative estimate of drug-likeness (QED) is 0.458. The standard InChI is InChI=1S/C33H44O/c1-14-15-16-33(34,27-19-23(29(2,3)4)17-24(20-27)30(5,6)7)28-21-25(31(8,9)10)18-26(22-28)32(11,12)13/h1,17-22,34H,2-13H3. The molecule has 0 spiro atoms. The van der Waals surface area contributed by atoms with Gasteiger partial charge >= 0.3 is 0 Å². The molecule has 0 aromatic heterocycles. The van der Waals surface area contributed by atoms with Crippen LogP contribution in [0.1, 0.15) is 116 Å². The molecule has 2 aromatic rings. The number of terminal acetylenes is 1. The average molecular weight is 457 g/mol. The van der Waals surface area contributed by atoms with E-state index in [1.54, 1.807) is 0 Å². The first-order chi connectivity index (χ1) is 15.2. The second kappa shape index (κ2) is 8.95. The van der Waals surface area contributed by atoms with Crippen molar-refractivity contribution in [3.05, 3.63) is 69.8 Å². The van der Waals surface area contributed by atoms with Crippen molar-refractivity contribution < 1.29 is 5.11 Å². The number of rotatable bonds is 2. The van der Waals surface area contributed by atoms with E-state index in [9.17, 15) is 5.11 Å². The molecule has 2 rings (SSSR count). The van der Waals surface area contributed by atoms with Crippen LogP contribution in [0.3, 0.4) is 0 Å². The van der Waals surface area contributed by atoms with Gasteiger partial charge in [-0.15, -0.1) is 6.42 Å². The minimum Gasteiger partial charge on any atom is -0.369 e. The van der Waals surface area contributed by atoms with Crippen molar-refractivity contribution >= 4 is 0 Å². The molecule has 0 aliphatic rings. The molecule has 0 saturated heterocycles. The van der Waals surface area contributed by atoms with Gasteiger partial charge in [-0.05, 0) is 61.7 Å². The number of hydrogen-bond donors (Lipinski definition) is 1. The second-order valence-corrected chi connectivity index (χ2v) is 13.7. The molecule has 0 unspecified atom stereocenters. The van der Waals surface area contributed by atoms with Gasteiger partial charge in [0.2, 0.25) is 0 Å². The predicted octanol–water partition coefficient (Wildman–Crippen LogP) is 7.75. The summed E-state index contributed by atoms with van der Waals surface area (Å²) < 4.78 is 0. The van der Waals surface area contributed by atoms with Gasteiger partial charge in [-0.3, -0.25) is 0 Å². The molecule has 34 heavy (non-hydrogen) atoms. The Morgan fingerprint density at radius 3 is 0.941 bits per heavy atom. The van der Waals surface area contributed by atoms with Gasteiger partial charge in [0.05, 0.1) is 0 Å². The minimum atomic E-state index is -1.53. The van der Waals surface area contributed by atoms with Gasteiger partial charge in [-0.2, -0.15) is 0 Å². The van der Waals surface area contributed by atoms with Crippen LogP contribution < -0.4 is 0 Å². The van der Waals surface area contributed by atoms with Gasteiger partial charge < -0.3 is 5.11 Å². The van der Waals surface area contributed by atoms with Crippen LogP contribution in [0.25, 0.3) is 0 Å². The second-order valence-electron chi connectivity index (χ2n) is 13.7. The van der Waals surface area contributed by atoms with Crippen molar-refractivity contribution in [1.82, 2.24) is 0 Å². The average Bonchev–Trinajstić information content (AvgIpc) is 2.68. The zero-order chi connectivity index (χ0) is 26.3. The van der Waals surface area contributed by atoms with Crippen molar-refractivity contribution in [1.29, 1.82) is 0 Å². The Morgan fingerprint density at radius 1 is 0.500 bits per heavy atom. The highest BCUT2D eigenvalue weighted by Crippen LogP contribution is 2.39. The minimum absolute atomic E-state index is 0.0830. The highest BCUT2D eigenvalue weighted by Gasteiger charge is 2.35. The molecule has 0 saturated carbocycles. The third-order valence-electron chi connectivity index (χ3n) is 6.48. The zero-order valence-electron chi connectivity index (χ0n) is 23.5. The lowest BCUT2D eigenvalue weighted by Gasteiger charge is -2.33. The summed E-state index contributed by atoms with van der Waals surface area (Å²) in [6.07, 6.45) is 5.55. The van der Waals surface area contributed by atoms with Crippen molar-refractivity contribution in [2.75, 3.05) is 0 Å². The summed E-state index contributed by atoms with van der Waals surface area (Å²) in [6, 6.07) is 12.9. The molecule has 2 aromatic carbocycles. The van der Waals surface area contributed by atoms with Crippen LogP contribution >= 0.6 is 0 Å². The molecule has 0 aliphatic heterocycles. The third-order valence-corrected chi connectivity index (χ3v) is 6.48. The summed E-state index contributed by atoms with van der Waals surface area (Å²) in [5.41, 5.74) is 4.32. The molecule has 0 atom stereocenters. The Labute approximate surface area is 209 Å². The molecule has 0 radical (unpaired) electrons. The molecule has 182 valence electrons. The van der Waals surface area contributed by atoms with Crippen molar-refractivity contribution in [3.63, 3.8) is 0 Å². The van der Waals surface area contributed by atoms with E-state index in [0.29, 0.717) is 0 Å². The van der Waals surface area contributed by atoms with E-state index in [1.807, 2.05) is 0 Å². The van der Waals surface area contributed by atoms with Crippen molar-refractivity contribution in [2.24, 2.45) is 0 Å². The monoisotopic (exact) mass is 456 g/mol. The van der Waals surface area contributed by atoms with Crippen LogP contribution in [0.5, 0.6) is 0 Å². The van der Waals surface area contributed by atoms with E-state index in [0.717, 1.165) is 11.1 Å². The highest BCUT2D eigenvalue weighted by atomic mass is 16.3. The summed E-state index contributed by atoms with van der Waals surface area (Å²) in [6.45, 7) is 26.4. The van der Waals surface area contributed by atoms with Gasteiger partial charge in [0.1, 0.15) is 0 Å². The van der Waals surface area contributed by atoms with E-state index >= 15 is 0 Å². The molecule has 1 nitrogen and oxygen atoms in total. The summed E-state index contributed by atoms with van der Waals surface area (Å²) >= 11 is 0. The topological polar surface area (TPSA) is 20.2 Å². The molecule has 0 bridgehead atoms. The van der Waals surface area contributed by atoms with Crippen LogP contribution in [0.2, 0.25) is 0 Å². The molecular weight excluding hydrogens is 412 g/mol. The largest absolute Gasteiger partial charge is 0.369 e. The van der Waals surface area contributed by atoms with Crippen molar-refractivity contribution in [2.45, 2.75) is 110 Å². The maximum Gasteiger partial charge on any atom is 0.177 e. The van der Waals surface area contributed by atoms with Gasteiger partial charge in [0, 0.05) is 11.1 Å². The normalized spacial score (nSPS) is 13.2. The fourth-order valence-electron chi connectivity index (χ4n) is 3.84. The number of aliphatic hydroxyl groups is 1. The first kappa shape index (κ1) is 27.8. The Morgan fingerprint density at radius 2 is 0.735 bits per heavy atom. The fourth-order valence-corrected chi connectivity index (χ4v) is 3.84. The van der Waals surface area contributed by atoms with Crippen LogP contribution in [-0.4, -0.2) is 5.11 Å². The number of benzene rings is 2. The van der Waals surface area contributed by atoms with Gasteiger partial charge in [-0.25, -0.2) is 0 Å². The molecule has 0 fully saturated rings. The predicted molar refractivity (Wildman–Crippen MR) is 147 cm³/mol. The van der Waals surface area contributed by atoms with Crippen LogP contribution in [-0.2, 0) is 27.3 Å². The molecule has 0 aliphatic carbocycles. The summed E-state index contributed by atoms with van der Waals surface area (Å²) in [5.74, 6) is 8.23. The molecule has 0 heterocycles. The molecular formula is C33H44O. The van der Waals surface area contributed by atoms with Gasteiger partial charge in [0.25, 0.3) is 0 Å². The van der Waals surface area contributed by atoms with Crippen LogP contribution in [0.15, 0.2) is 36.4 Å². The smallest absolute Gasteiger partial charge is 0.177 e. The first-order valence-electron chi connectivity index (χ1n) is 12.2. The van der Waals surface area contributed by atoms with E-state index < -0.39 is 5.60 Å². The molecule has 0 amide bonds. The molecule has 1 N–H and O–H groups in total. The van der Waals surface area contributed by atoms with E-state index in [1.165, 1.54) is 22.3 Å².